The van der Waals surface area contributed by atoms with Gasteiger partial charge in [0.15, 0.2) is 5.96 Å². The van der Waals surface area contributed by atoms with Gasteiger partial charge in [-0.1, -0.05) is 31.2 Å². The van der Waals surface area contributed by atoms with Crippen molar-refractivity contribution in [1.82, 2.24) is 15.2 Å². The van der Waals surface area contributed by atoms with Crippen LogP contribution in [0.3, 0.4) is 0 Å². The van der Waals surface area contributed by atoms with Crippen LogP contribution >= 0.6 is 35.3 Å². The van der Waals surface area contributed by atoms with E-state index in [9.17, 15) is 0 Å². The Morgan fingerprint density at radius 3 is 2.69 bits per heavy atom. The van der Waals surface area contributed by atoms with Gasteiger partial charge in [0.2, 0.25) is 0 Å². The molecule has 1 N–H and O–H groups in total. The average Bonchev–Trinajstić information content (AvgIpc) is 3.17. The lowest BCUT2D eigenvalue weighted by molar-refractivity contribution is 0.119. The molecule has 1 atom stereocenters. The number of hydrogen-bond acceptors (Lipinski definition) is 5. The SMILES string of the molecule is CCCOCc1ccccc1CNC(=NC)N(C)Cc1csc(C(C)OC)n1.I. The summed E-state index contributed by atoms with van der Waals surface area (Å²) in [5.74, 6) is 0.832. The summed E-state index contributed by atoms with van der Waals surface area (Å²) in [4.78, 5) is 11.2. The molecule has 1 aromatic heterocycles. The van der Waals surface area contributed by atoms with Gasteiger partial charge in [0.1, 0.15) is 11.1 Å². The zero-order chi connectivity index (χ0) is 20.4. The average molecular weight is 532 g/mol. The molecule has 1 unspecified atom stereocenters. The Hall–Kier alpha value is -1.23. The summed E-state index contributed by atoms with van der Waals surface area (Å²) in [6.45, 7) is 6.94. The van der Waals surface area contributed by atoms with E-state index in [0.29, 0.717) is 19.7 Å². The summed E-state index contributed by atoms with van der Waals surface area (Å²) in [5, 5.41) is 6.52. The number of nitrogens with zero attached hydrogens (tertiary/aromatic N) is 3. The van der Waals surface area contributed by atoms with Gasteiger partial charge in [-0.3, -0.25) is 4.99 Å². The molecule has 0 saturated heterocycles. The predicted molar refractivity (Wildman–Crippen MR) is 131 cm³/mol. The smallest absolute Gasteiger partial charge is 0.194 e. The summed E-state index contributed by atoms with van der Waals surface area (Å²) in [6.07, 6.45) is 1.05. The van der Waals surface area contributed by atoms with E-state index in [0.717, 1.165) is 29.7 Å². The molecule has 0 aliphatic heterocycles. The van der Waals surface area contributed by atoms with Gasteiger partial charge in [0.05, 0.1) is 18.8 Å². The quantitative estimate of drug-likeness (QED) is 0.210. The van der Waals surface area contributed by atoms with E-state index in [1.165, 1.54) is 11.1 Å². The van der Waals surface area contributed by atoms with Crippen molar-refractivity contribution < 1.29 is 9.47 Å². The largest absolute Gasteiger partial charge is 0.377 e. The normalized spacial score (nSPS) is 12.4. The van der Waals surface area contributed by atoms with Crippen molar-refractivity contribution in [3.8, 4) is 0 Å². The van der Waals surface area contributed by atoms with Crippen molar-refractivity contribution in [1.29, 1.82) is 0 Å². The summed E-state index contributed by atoms with van der Waals surface area (Å²) < 4.78 is 11.1. The Balaban J connectivity index is 0.00000420. The van der Waals surface area contributed by atoms with Crippen molar-refractivity contribution in [2.24, 2.45) is 4.99 Å². The number of thiazole rings is 1. The molecule has 0 bridgehead atoms. The fourth-order valence-corrected chi connectivity index (χ4v) is 3.60. The third-order valence-corrected chi connectivity index (χ3v) is 5.46. The van der Waals surface area contributed by atoms with Crippen LogP contribution < -0.4 is 5.32 Å². The second-order valence-corrected chi connectivity index (χ2v) is 7.52. The van der Waals surface area contributed by atoms with E-state index in [-0.39, 0.29) is 30.1 Å². The van der Waals surface area contributed by atoms with Gasteiger partial charge in [-0.2, -0.15) is 0 Å². The molecule has 1 aromatic carbocycles. The number of aromatic nitrogens is 1. The third kappa shape index (κ3) is 8.19. The van der Waals surface area contributed by atoms with Crippen molar-refractivity contribution in [2.45, 2.75) is 46.1 Å². The lowest BCUT2D eigenvalue weighted by atomic mass is 10.1. The van der Waals surface area contributed by atoms with Gasteiger partial charge in [-0.05, 0) is 24.5 Å². The van der Waals surface area contributed by atoms with E-state index in [1.54, 1.807) is 25.5 Å². The van der Waals surface area contributed by atoms with Crippen LogP contribution in [0.15, 0.2) is 34.6 Å². The highest BCUT2D eigenvalue weighted by Crippen LogP contribution is 2.21. The van der Waals surface area contributed by atoms with Gasteiger partial charge < -0.3 is 19.7 Å². The first-order valence-corrected chi connectivity index (χ1v) is 10.5. The first-order chi connectivity index (χ1) is 13.6. The standard InChI is InChI=1S/C21H32N4O2S.HI/c1-6-11-27-14-18-10-8-7-9-17(18)12-23-21(22-3)25(4)13-19-15-28-20(24-19)16(2)26-5;/h7-10,15-16H,6,11-14H2,1-5H3,(H,22,23);1H. The van der Waals surface area contributed by atoms with Crippen molar-refractivity contribution in [3.63, 3.8) is 0 Å². The molecule has 0 aliphatic rings. The van der Waals surface area contributed by atoms with Crippen LogP contribution in [0.4, 0.5) is 0 Å². The Bertz CT molecular complexity index is 754. The molecule has 2 rings (SSSR count). The molecule has 162 valence electrons. The number of hydrogen-bond donors (Lipinski definition) is 1. The monoisotopic (exact) mass is 532 g/mol. The lowest BCUT2D eigenvalue weighted by Crippen LogP contribution is -2.38. The van der Waals surface area contributed by atoms with Crippen LogP contribution in [0.25, 0.3) is 0 Å². The molecule has 0 radical (unpaired) electrons. The van der Waals surface area contributed by atoms with Gasteiger partial charge in [-0.15, -0.1) is 35.3 Å². The molecule has 1 heterocycles. The fourth-order valence-electron chi connectivity index (χ4n) is 2.76. The molecule has 0 amide bonds. The highest BCUT2D eigenvalue weighted by Gasteiger charge is 2.13. The van der Waals surface area contributed by atoms with Crippen LogP contribution in [0.5, 0.6) is 0 Å². The number of methoxy groups -OCH3 is 1. The second kappa shape index (κ2) is 13.9. The zero-order valence-corrected chi connectivity index (χ0v) is 21.1. The van der Waals surface area contributed by atoms with Gasteiger partial charge in [0.25, 0.3) is 0 Å². The highest BCUT2D eigenvalue weighted by atomic mass is 127. The lowest BCUT2D eigenvalue weighted by Gasteiger charge is -2.22. The first kappa shape index (κ1) is 25.8. The van der Waals surface area contributed by atoms with Crippen LogP contribution in [0.2, 0.25) is 0 Å². The first-order valence-electron chi connectivity index (χ1n) is 9.62. The van der Waals surface area contributed by atoms with Gasteiger partial charge in [0, 0.05) is 39.7 Å². The number of ether oxygens (including phenoxy) is 2. The topological polar surface area (TPSA) is 59.0 Å². The molecule has 0 aliphatic carbocycles. The van der Waals surface area contributed by atoms with Crippen LogP contribution in [0, 0.1) is 0 Å². The number of benzene rings is 1. The number of rotatable bonds is 10. The minimum Gasteiger partial charge on any atom is -0.377 e. The Kier molecular flexibility index (Phi) is 12.4. The molecular weight excluding hydrogens is 499 g/mol. The summed E-state index contributed by atoms with van der Waals surface area (Å²) in [7, 11) is 5.52. The van der Waals surface area contributed by atoms with Crippen LogP contribution in [-0.4, -0.2) is 43.7 Å². The number of halogens is 1. The Morgan fingerprint density at radius 1 is 1.31 bits per heavy atom. The maximum absolute atomic E-state index is 5.71. The zero-order valence-electron chi connectivity index (χ0n) is 18.0. The van der Waals surface area contributed by atoms with Crippen molar-refractivity contribution in [3.05, 3.63) is 51.5 Å². The van der Waals surface area contributed by atoms with E-state index >= 15 is 0 Å². The molecule has 6 nitrogen and oxygen atoms in total. The Morgan fingerprint density at radius 2 is 2.03 bits per heavy atom. The van der Waals surface area contributed by atoms with E-state index in [1.807, 2.05) is 14.0 Å². The predicted octanol–water partition coefficient (Wildman–Crippen LogP) is 4.60. The molecule has 0 saturated carbocycles. The maximum Gasteiger partial charge on any atom is 0.194 e. The minimum atomic E-state index is 0. The van der Waals surface area contributed by atoms with E-state index < -0.39 is 0 Å². The van der Waals surface area contributed by atoms with Crippen molar-refractivity contribution >= 4 is 41.3 Å². The molecule has 0 spiro atoms. The molecule has 2 aromatic rings. The Labute approximate surface area is 195 Å². The summed E-state index contributed by atoms with van der Waals surface area (Å²) in [5.41, 5.74) is 3.44. The van der Waals surface area contributed by atoms with Crippen LogP contribution in [-0.2, 0) is 29.2 Å². The second-order valence-electron chi connectivity index (χ2n) is 6.63. The number of aliphatic imine (C=N–C) groups is 1. The van der Waals surface area contributed by atoms with Crippen molar-refractivity contribution in [2.75, 3.05) is 27.8 Å². The molecular formula is C21H33IN4O2S. The molecule has 29 heavy (non-hydrogen) atoms. The highest BCUT2D eigenvalue weighted by molar-refractivity contribution is 14.0. The van der Waals surface area contributed by atoms with Crippen LogP contribution in [0.1, 0.15) is 48.2 Å². The van der Waals surface area contributed by atoms with Gasteiger partial charge in [-0.25, -0.2) is 4.98 Å². The minimum absolute atomic E-state index is 0. The maximum atomic E-state index is 5.71. The summed E-state index contributed by atoms with van der Waals surface area (Å²) in [6, 6.07) is 8.35. The van der Waals surface area contributed by atoms with E-state index in [4.69, 9.17) is 9.47 Å². The number of nitrogens with one attached hydrogen (secondary N) is 1. The molecule has 8 heteroatoms. The third-order valence-electron chi connectivity index (χ3n) is 4.40. The fraction of sp³-hybridized carbons (Fsp3) is 0.524. The number of guanidine groups is 1. The van der Waals surface area contributed by atoms with Gasteiger partial charge >= 0.3 is 0 Å². The molecule has 0 fully saturated rings. The van der Waals surface area contributed by atoms with E-state index in [2.05, 4.69) is 56.8 Å². The summed E-state index contributed by atoms with van der Waals surface area (Å²) >= 11 is 1.63.